The maximum atomic E-state index is 10.6. The molecule has 0 spiro atoms. The number of nitrogens with one attached hydrogen (secondary N) is 1. The average molecular weight is 308 g/mol. The summed E-state index contributed by atoms with van der Waals surface area (Å²) in [7, 11) is 0. The van der Waals surface area contributed by atoms with Crippen LogP contribution in [0.15, 0.2) is 41.0 Å². The maximum absolute atomic E-state index is 10.6. The number of pyridine rings is 1. The molecule has 0 atom stereocenters. The number of anilines is 2. The Bertz CT molecular complexity index is 602. The third-order valence-electron chi connectivity index (χ3n) is 2.38. The molecule has 18 heavy (non-hydrogen) atoms. The zero-order valence-electron chi connectivity index (χ0n) is 9.55. The molecule has 2 rings (SSSR count). The van der Waals surface area contributed by atoms with Crippen LogP contribution in [-0.4, -0.2) is 9.91 Å². The predicted octanol–water partition coefficient (Wildman–Crippen LogP) is 3.80. The second kappa shape index (κ2) is 5.14. The van der Waals surface area contributed by atoms with Crippen LogP contribution in [0.2, 0.25) is 0 Å². The van der Waals surface area contributed by atoms with E-state index in [1.165, 1.54) is 18.3 Å². The second-order valence-electron chi connectivity index (χ2n) is 3.75. The van der Waals surface area contributed by atoms with Crippen LogP contribution in [0.4, 0.5) is 17.2 Å². The molecule has 0 radical (unpaired) electrons. The van der Waals surface area contributed by atoms with Crippen molar-refractivity contribution in [1.82, 2.24) is 4.98 Å². The lowest BCUT2D eigenvalue weighted by Crippen LogP contribution is -1.96. The van der Waals surface area contributed by atoms with E-state index in [1.807, 2.05) is 25.1 Å². The molecule has 0 fully saturated rings. The van der Waals surface area contributed by atoms with Gasteiger partial charge in [-0.2, -0.15) is 0 Å². The van der Waals surface area contributed by atoms with Crippen LogP contribution >= 0.6 is 15.9 Å². The number of hydrogen-bond donors (Lipinski definition) is 1. The number of halogens is 1. The van der Waals surface area contributed by atoms with Crippen LogP contribution < -0.4 is 5.32 Å². The van der Waals surface area contributed by atoms with E-state index < -0.39 is 4.92 Å². The molecule has 0 aliphatic rings. The number of aromatic nitrogens is 1. The molecule has 1 N–H and O–H groups in total. The smallest absolute Gasteiger partial charge is 0.274 e. The van der Waals surface area contributed by atoms with Crippen LogP contribution in [0.3, 0.4) is 0 Å². The van der Waals surface area contributed by atoms with Crippen molar-refractivity contribution in [3.63, 3.8) is 0 Å². The monoisotopic (exact) mass is 307 g/mol. The fraction of sp³-hybridized carbons (Fsp3) is 0.0833. The molecule has 0 aliphatic heterocycles. The number of hydrogen-bond acceptors (Lipinski definition) is 4. The van der Waals surface area contributed by atoms with Gasteiger partial charge in [0.15, 0.2) is 0 Å². The van der Waals surface area contributed by atoms with E-state index in [0.29, 0.717) is 5.82 Å². The molecule has 0 aliphatic carbocycles. The highest BCUT2D eigenvalue weighted by Gasteiger charge is 2.07. The van der Waals surface area contributed by atoms with Crippen molar-refractivity contribution >= 4 is 33.1 Å². The summed E-state index contributed by atoms with van der Waals surface area (Å²) >= 11 is 3.41. The van der Waals surface area contributed by atoms with Crippen LogP contribution in [0.25, 0.3) is 0 Å². The topological polar surface area (TPSA) is 68.1 Å². The first-order chi connectivity index (χ1) is 8.56. The summed E-state index contributed by atoms with van der Waals surface area (Å²) in [5.74, 6) is 0.450. The van der Waals surface area contributed by atoms with E-state index >= 15 is 0 Å². The summed E-state index contributed by atoms with van der Waals surface area (Å²) in [5, 5.41) is 13.7. The average Bonchev–Trinajstić information content (AvgIpc) is 2.34. The standard InChI is InChI=1S/C12H10BrN3O2/c1-8-6-9(2-3-11(8)13)15-12-7-10(16(17)18)4-5-14-12/h2-7H,1H3,(H,14,15). The van der Waals surface area contributed by atoms with Crippen molar-refractivity contribution in [1.29, 1.82) is 0 Å². The first-order valence-corrected chi connectivity index (χ1v) is 5.99. The van der Waals surface area contributed by atoms with Gasteiger partial charge < -0.3 is 5.32 Å². The van der Waals surface area contributed by atoms with Crippen molar-refractivity contribution in [3.8, 4) is 0 Å². The van der Waals surface area contributed by atoms with Gasteiger partial charge in [-0.05, 0) is 30.7 Å². The van der Waals surface area contributed by atoms with Crippen molar-refractivity contribution in [2.24, 2.45) is 0 Å². The van der Waals surface area contributed by atoms with Crippen molar-refractivity contribution in [2.75, 3.05) is 5.32 Å². The van der Waals surface area contributed by atoms with Gasteiger partial charge in [-0.25, -0.2) is 4.98 Å². The molecule has 2 aromatic rings. The quantitative estimate of drug-likeness (QED) is 0.691. The molecule has 6 heteroatoms. The number of benzene rings is 1. The summed E-state index contributed by atoms with van der Waals surface area (Å²) in [5.41, 5.74) is 1.93. The van der Waals surface area contributed by atoms with Crippen LogP contribution in [0, 0.1) is 17.0 Å². The highest BCUT2D eigenvalue weighted by atomic mass is 79.9. The molecule has 1 heterocycles. The minimum absolute atomic E-state index is 0.0151. The van der Waals surface area contributed by atoms with Gasteiger partial charge in [-0.1, -0.05) is 15.9 Å². The third kappa shape index (κ3) is 2.84. The van der Waals surface area contributed by atoms with Gasteiger partial charge >= 0.3 is 0 Å². The summed E-state index contributed by atoms with van der Waals surface area (Å²) in [6.07, 6.45) is 1.41. The second-order valence-corrected chi connectivity index (χ2v) is 4.60. The molecular formula is C12H10BrN3O2. The molecular weight excluding hydrogens is 298 g/mol. The molecule has 1 aromatic heterocycles. The van der Waals surface area contributed by atoms with Gasteiger partial charge in [0, 0.05) is 22.4 Å². The zero-order valence-corrected chi connectivity index (χ0v) is 11.1. The molecule has 5 nitrogen and oxygen atoms in total. The van der Waals surface area contributed by atoms with Crippen molar-refractivity contribution < 1.29 is 4.92 Å². The number of nitro groups is 1. The first-order valence-electron chi connectivity index (χ1n) is 5.20. The van der Waals surface area contributed by atoms with Crippen molar-refractivity contribution in [2.45, 2.75) is 6.92 Å². The van der Waals surface area contributed by atoms with E-state index in [2.05, 4.69) is 26.2 Å². The fourth-order valence-electron chi connectivity index (χ4n) is 1.47. The van der Waals surface area contributed by atoms with E-state index in [1.54, 1.807) is 0 Å². The van der Waals surface area contributed by atoms with E-state index in [9.17, 15) is 10.1 Å². The lowest BCUT2D eigenvalue weighted by Gasteiger charge is -2.07. The summed E-state index contributed by atoms with van der Waals surface area (Å²) < 4.78 is 1.01. The molecule has 0 saturated heterocycles. The summed E-state index contributed by atoms with van der Waals surface area (Å²) in [6.45, 7) is 1.97. The predicted molar refractivity (Wildman–Crippen MR) is 73.1 cm³/mol. The van der Waals surface area contributed by atoms with Crippen LogP contribution in [0.1, 0.15) is 5.56 Å². The highest BCUT2D eigenvalue weighted by Crippen LogP contribution is 2.23. The Kier molecular flexibility index (Phi) is 3.57. The van der Waals surface area contributed by atoms with Gasteiger partial charge in [0.25, 0.3) is 5.69 Å². The first kappa shape index (κ1) is 12.5. The van der Waals surface area contributed by atoms with Gasteiger partial charge in [0.2, 0.25) is 0 Å². The Morgan fingerprint density at radius 2 is 2.11 bits per heavy atom. The molecule has 1 aromatic carbocycles. The Balaban J connectivity index is 2.25. The van der Waals surface area contributed by atoms with Crippen LogP contribution in [-0.2, 0) is 0 Å². The van der Waals surface area contributed by atoms with Gasteiger partial charge in [-0.15, -0.1) is 0 Å². The molecule has 0 amide bonds. The van der Waals surface area contributed by atoms with E-state index in [-0.39, 0.29) is 5.69 Å². The molecule has 0 bridgehead atoms. The number of nitrogens with zero attached hydrogens (tertiary/aromatic N) is 2. The SMILES string of the molecule is Cc1cc(Nc2cc([N+](=O)[O-])ccn2)ccc1Br. The normalized spacial score (nSPS) is 10.1. The number of aryl methyl sites for hydroxylation is 1. The number of rotatable bonds is 3. The molecule has 0 unspecified atom stereocenters. The largest absolute Gasteiger partial charge is 0.340 e. The van der Waals surface area contributed by atoms with Crippen LogP contribution in [0.5, 0.6) is 0 Å². The Hall–Kier alpha value is -1.95. The maximum Gasteiger partial charge on any atom is 0.274 e. The molecule has 0 saturated carbocycles. The van der Waals surface area contributed by atoms with Gasteiger partial charge in [-0.3, -0.25) is 10.1 Å². The zero-order chi connectivity index (χ0) is 13.1. The molecule has 92 valence electrons. The van der Waals surface area contributed by atoms with Gasteiger partial charge in [0.05, 0.1) is 11.0 Å². The summed E-state index contributed by atoms with van der Waals surface area (Å²) in [4.78, 5) is 14.2. The minimum atomic E-state index is -0.445. The van der Waals surface area contributed by atoms with Crippen molar-refractivity contribution in [3.05, 3.63) is 56.7 Å². The highest BCUT2D eigenvalue weighted by molar-refractivity contribution is 9.10. The minimum Gasteiger partial charge on any atom is -0.340 e. The third-order valence-corrected chi connectivity index (χ3v) is 3.27. The Labute approximate surface area is 112 Å². The lowest BCUT2D eigenvalue weighted by atomic mass is 10.2. The lowest BCUT2D eigenvalue weighted by molar-refractivity contribution is -0.384. The Morgan fingerprint density at radius 1 is 1.33 bits per heavy atom. The Morgan fingerprint density at radius 3 is 2.78 bits per heavy atom. The van der Waals surface area contributed by atoms with Gasteiger partial charge in [0.1, 0.15) is 5.82 Å². The fourth-order valence-corrected chi connectivity index (χ4v) is 1.72. The van der Waals surface area contributed by atoms with E-state index in [0.717, 1.165) is 15.7 Å². The van der Waals surface area contributed by atoms with E-state index in [4.69, 9.17) is 0 Å². The summed E-state index contributed by atoms with van der Waals surface area (Å²) in [6, 6.07) is 8.48.